The Morgan fingerprint density at radius 1 is 1.10 bits per heavy atom. The molecule has 20 heavy (non-hydrogen) atoms. The number of piperidine rings is 1. The van der Waals surface area contributed by atoms with Crippen molar-refractivity contribution in [1.29, 1.82) is 0 Å². The Labute approximate surface area is 119 Å². The highest BCUT2D eigenvalue weighted by atomic mass is 15.0. The number of nitrogens with one attached hydrogen (secondary N) is 2. The van der Waals surface area contributed by atoms with Crippen LogP contribution in [0.15, 0.2) is 42.7 Å². The van der Waals surface area contributed by atoms with Gasteiger partial charge in [-0.1, -0.05) is 30.3 Å². The van der Waals surface area contributed by atoms with Gasteiger partial charge in [0, 0.05) is 18.2 Å². The fourth-order valence-corrected chi connectivity index (χ4v) is 2.56. The van der Waals surface area contributed by atoms with Crippen molar-refractivity contribution < 1.29 is 0 Å². The standard InChI is InChI=1S/C16H20N4/c1-2-4-14(5-3-1)15-10-16(20-12-19-15)18-11-13-6-8-17-9-7-13/h1-5,10,12-13,17H,6-9,11H2,(H,18,19,20). The molecule has 4 nitrogen and oxygen atoms in total. The summed E-state index contributed by atoms with van der Waals surface area (Å²) in [4.78, 5) is 8.65. The molecule has 2 aromatic rings. The third kappa shape index (κ3) is 3.33. The number of hydrogen-bond acceptors (Lipinski definition) is 4. The van der Waals surface area contributed by atoms with E-state index in [0.29, 0.717) is 0 Å². The summed E-state index contributed by atoms with van der Waals surface area (Å²) in [5.74, 6) is 1.66. The molecule has 0 unspecified atom stereocenters. The van der Waals surface area contributed by atoms with Crippen molar-refractivity contribution in [2.75, 3.05) is 25.0 Å². The van der Waals surface area contributed by atoms with E-state index in [1.165, 1.54) is 12.8 Å². The van der Waals surface area contributed by atoms with Crippen molar-refractivity contribution in [3.8, 4) is 11.3 Å². The molecule has 0 saturated carbocycles. The lowest BCUT2D eigenvalue weighted by molar-refractivity contribution is 0.389. The van der Waals surface area contributed by atoms with Crippen molar-refractivity contribution in [2.24, 2.45) is 5.92 Å². The van der Waals surface area contributed by atoms with Gasteiger partial charge in [0.25, 0.3) is 0 Å². The van der Waals surface area contributed by atoms with Crippen LogP contribution in [0.4, 0.5) is 5.82 Å². The van der Waals surface area contributed by atoms with E-state index in [-0.39, 0.29) is 0 Å². The summed E-state index contributed by atoms with van der Waals surface area (Å²) in [7, 11) is 0. The molecule has 3 rings (SSSR count). The van der Waals surface area contributed by atoms with Crippen LogP contribution in [0.25, 0.3) is 11.3 Å². The zero-order chi connectivity index (χ0) is 13.6. The second kappa shape index (κ2) is 6.48. The summed E-state index contributed by atoms with van der Waals surface area (Å²) >= 11 is 0. The minimum absolute atomic E-state index is 0.742. The van der Waals surface area contributed by atoms with Crippen molar-refractivity contribution in [1.82, 2.24) is 15.3 Å². The molecule has 2 N–H and O–H groups in total. The molecule has 0 aliphatic carbocycles. The number of nitrogens with zero attached hydrogens (tertiary/aromatic N) is 2. The van der Waals surface area contributed by atoms with E-state index in [1.807, 2.05) is 24.3 Å². The average Bonchev–Trinajstić information content (AvgIpc) is 2.55. The normalized spacial score (nSPS) is 16.0. The molecule has 4 heteroatoms. The van der Waals surface area contributed by atoms with Crippen LogP contribution in [0.1, 0.15) is 12.8 Å². The van der Waals surface area contributed by atoms with Gasteiger partial charge < -0.3 is 10.6 Å². The van der Waals surface area contributed by atoms with Crippen molar-refractivity contribution >= 4 is 5.82 Å². The van der Waals surface area contributed by atoms with Crippen LogP contribution in [0.2, 0.25) is 0 Å². The highest BCUT2D eigenvalue weighted by molar-refractivity contribution is 5.61. The molecule has 2 heterocycles. The summed E-state index contributed by atoms with van der Waals surface area (Å²) in [5, 5.41) is 6.84. The quantitative estimate of drug-likeness (QED) is 0.894. The Bertz CT molecular complexity index is 535. The predicted octanol–water partition coefficient (Wildman–Crippen LogP) is 2.56. The molecule has 1 fully saturated rings. The van der Waals surface area contributed by atoms with Gasteiger partial charge in [0.15, 0.2) is 0 Å². The van der Waals surface area contributed by atoms with Crippen molar-refractivity contribution in [3.05, 3.63) is 42.7 Å². The molecule has 0 bridgehead atoms. The van der Waals surface area contributed by atoms with Gasteiger partial charge in [0.05, 0.1) is 5.69 Å². The summed E-state index contributed by atoms with van der Waals surface area (Å²) < 4.78 is 0. The molecular formula is C16H20N4. The van der Waals surface area contributed by atoms with Crippen molar-refractivity contribution in [2.45, 2.75) is 12.8 Å². The van der Waals surface area contributed by atoms with E-state index < -0.39 is 0 Å². The Kier molecular flexibility index (Phi) is 4.23. The van der Waals surface area contributed by atoms with Gasteiger partial charge in [0.1, 0.15) is 12.1 Å². The SMILES string of the molecule is c1ccc(-c2cc(NCC3CCNCC3)ncn2)cc1. The molecule has 1 aliphatic heterocycles. The van der Waals surface area contributed by atoms with E-state index in [9.17, 15) is 0 Å². The van der Waals surface area contributed by atoms with Crippen molar-refractivity contribution in [3.63, 3.8) is 0 Å². The second-order valence-corrected chi connectivity index (χ2v) is 5.23. The molecule has 1 aromatic heterocycles. The first-order chi connectivity index (χ1) is 9.92. The van der Waals surface area contributed by atoms with E-state index in [4.69, 9.17) is 0 Å². The number of benzene rings is 1. The zero-order valence-electron chi connectivity index (χ0n) is 11.5. The zero-order valence-corrected chi connectivity index (χ0v) is 11.5. The molecule has 1 aliphatic rings. The lowest BCUT2D eigenvalue weighted by Gasteiger charge is -2.22. The number of rotatable bonds is 4. The van der Waals surface area contributed by atoms with Crippen LogP contribution in [0.3, 0.4) is 0 Å². The minimum atomic E-state index is 0.742. The highest BCUT2D eigenvalue weighted by Crippen LogP contribution is 2.19. The summed E-state index contributed by atoms with van der Waals surface area (Å²) in [6, 6.07) is 12.2. The number of hydrogen-bond donors (Lipinski definition) is 2. The lowest BCUT2D eigenvalue weighted by Crippen LogP contribution is -2.31. The first-order valence-corrected chi connectivity index (χ1v) is 7.24. The Hall–Kier alpha value is -1.94. The fourth-order valence-electron chi connectivity index (χ4n) is 2.56. The topological polar surface area (TPSA) is 49.8 Å². The van der Waals surface area contributed by atoms with Crippen LogP contribution in [0.5, 0.6) is 0 Å². The summed E-state index contributed by atoms with van der Waals surface area (Å²) in [6.45, 7) is 3.25. The third-order valence-electron chi connectivity index (χ3n) is 3.77. The molecule has 1 saturated heterocycles. The predicted molar refractivity (Wildman–Crippen MR) is 81.6 cm³/mol. The molecule has 0 atom stereocenters. The van der Waals surface area contributed by atoms with Gasteiger partial charge in [-0.25, -0.2) is 9.97 Å². The second-order valence-electron chi connectivity index (χ2n) is 5.23. The molecule has 0 spiro atoms. The number of anilines is 1. The van der Waals surface area contributed by atoms with Gasteiger partial charge in [-0.2, -0.15) is 0 Å². The Balaban J connectivity index is 1.65. The van der Waals surface area contributed by atoms with Gasteiger partial charge in [0.2, 0.25) is 0 Å². The van der Waals surface area contributed by atoms with Gasteiger partial charge in [-0.15, -0.1) is 0 Å². The molecule has 1 aromatic carbocycles. The molecule has 0 radical (unpaired) electrons. The minimum Gasteiger partial charge on any atom is -0.370 e. The number of aromatic nitrogens is 2. The van der Waals surface area contributed by atoms with Crippen LogP contribution < -0.4 is 10.6 Å². The summed E-state index contributed by atoms with van der Waals surface area (Å²) in [5.41, 5.74) is 2.09. The van der Waals surface area contributed by atoms with E-state index in [0.717, 1.165) is 42.6 Å². The maximum atomic E-state index is 4.34. The molecule has 0 amide bonds. The maximum absolute atomic E-state index is 4.34. The smallest absolute Gasteiger partial charge is 0.129 e. The van der Waals surface area contributed by atoms with Gasteiger partial charge >= 0.3 is 0 Å². The molecule has 104 valence electrons. The van der Waals surface area contributed by atoms with Crippen LogP contribution in [-0.4, -0.2) is 29.6 Å². The van der Waals surface area contributed by atoms with E-state index >= 15 is 0 Å². The Morgan fingerprint density at radius 2 is 1.90 bits per heavy atom. The largest absolute Gasteiger partial charge is 0.370 e. The van der Waals surface area contributed by atoms with E-state index in [1.54, 1.807) is 6.33 Å². The average molecular weight is 268 g/mol. The van der Waals surface area contributed by atoms with Crippen LogP contribution in [-0.2, 0) is 0 Å². The van der Waals surface area contributed by atoms with Gasteiger partial charge in [-0.05, 0) is 31.8 Å². The molecular weight excluding hydrogens is 248 g/mol. The Morgan fingerprint density at radius 3 is 2.70 bits per heavy atom. The monoisotopic (exact) mass is 268 g/mol. The first kappa shape index (κ1) is 13.1. The summed E-state index contributed by atoms with van der Waals surface area (Å²) in [6.07, 6.45) is 4.11. The third-order valence-corrected chi connectivity index (χ3v) is 3.77. The van der Waals surface area contributed by atoms with E-state index in [2.05, 4.69) is 32.7 Å². The fraction of sp³-hybridized carbons (Fsp3) is 0.375. The van der Waals surface area contributed by atoms with Gasteiger partial charge in [-0.3, -0.25) is 0 Å². The first-order valence-electron chi connectivity index (χ1n) is 7.24. The van der Waals surface area contributed by atoms with Crippen LogP contribution in [0, 0.1) is 5.92 Å². The highest BCUT2D eigenvalue weighted by Gasteiger charge is 2.12. The maximum Gasteiger partial charge on any atom is 0.129 e. The lowest BCUT2D eigenvalue weighted by atomic mass is 9.98. The van der Waals surface area contributed by atoms with Crippen LogP contribution >= 0.6 is 0 Å².